The second kappa shape index (κ2) is 10.7. The number of nitrogens with one attached hydrogen (secondary N) is 2. The number of benzene rings is 1. The van der Waals surface area contributed by atoms with Gasteiger partial charge in [-0.05, 0) is 74.6 Å². The number of aromatic amines is 1. The first kappa shape index (κ1) is 25.0. The molecule has 0 aliphatic carbocycles. The lowest BCUT2D eigenvalue weighted by atomic mass is 9.99. The van der Waals surface area contributed by atoms with Crippen molar-refractivity contribution in [2.45, 2.75) is 59.0 Å². The van der Waals surface area contributed by atoms with Crippen LogP contribution >= 0.6 is 0 Å². The monoisotopic (exact) mass is 498 g/mol. The number of fused-ring (bicyclic) bond motifs is 1. The maximum Gasteiger partial charge on any atom is 0.253 e. The van der Waals surface area contributed by atoms with E-state index in [2.05, 4.69) is 39.0 Å². The van der Waals surface area contributed by atoms with E-state index < -0.39 is 0 Å². The van der Waals surface area contributed by atoms with Crippen molar-refractivity contribution in [3.05, 3.63) is 87.2 Å². The lowest BCUT2D eigenvalue weighted by Crippen LogP contribution is -2.28. The predicted molar refractivity (Wildman–Crippen MR) is 146 cm³/mol. The first-order chi connectivity index (χ1) is 17.9. The van der Waals surface area contributed by atoms with Gasteiger partial charge in [-0.25, -0.2) is 0 Å². The molecule has 7 nitrogen and oxygen atoms in total. The van der Waals surface area contributed by atoms with Crippen LogP contribution in [0.3, 0.4) is 0 Å². The number of carbonyl (C=O) groups excluding carboxylic acids is 1. The molecule has 1 saturated heterocycles. The molecule has 0 radical (unpaired) electrons. The van der Waals surface area contributed by atoms with Gasteiger partial charge in [0, 0.05) is 77.2 Å². The second-order valence-corrected chi connectivity index (χ2v) is 9.93. The zero-order valence-electron chi connectivity index (χ0n) is 21.8. The Hall–Kier alpha value is -3.71. The molecular formula is C30H34N4O3. The Kier molecular flexibility index (Phi) is 7.24. The molecular weight excluding hydrogens is 464 g/mol. The Bertz CT molecular complexity index is 1480. The Morgan fingerprint density at radius 3 is 2.68 bits per heavy atom. The third-order valence-corrected chi connectivity index (χ3v) is 7.22. The standard InChI is InChI=1S/C30H34N4O3/c1-4-5-21-14-20(3)33-30(36)27(21)18-32-29(35)26-15-23(22-7-6-19(2)31-17-22)16-28-25(26)8-11-34(28)24-9-12-37-13-10-24/h6-8,11,14-17,24H,4-5,9-10,12-13,18H2,1-3H3,(H,32,35)(H,33,36). The van der Waals surface area contributed by atoms with Crippen LogP contribution in [0.15, 0.2) is 53.6 Å². The molecule has 4 heterocycles. The number of rotatable bonds is 7. The van der Waals surface area contributed by atoms with Gasteiger partial charge in [-0.1, -0.05) is 19.4 Å². The van der Waals surface area contributed by atoms with E-state index in [4.69, 9.17) is 4.74 Å². The van der Waals surface area contributed by atoms with Crippen LogP contribution in [0, 0.1) is 13.8 Å². The summed E-state index contributed by atoms with van der Waals surface area (Å²) in [7, 11) is 0. The summed E-state index contributed by atoms with van der Waals surface area (Å²) in [6.45, 7) is 7.59. The van der Waals surface area contributed by atoms with E-state index in [1.54, 1.807) is 0 Å². The molecule has 1 amide bonds. The Morgan fingerprint density at radius 1 is 1.14 bits per heavy atom. The summed E-state index contributed by atoms with van der Waals surface area (Å²) in [4.78, 5) is 33.7. The summed E-state index contributed by atoms with van der Waals surface area (Å²) in [6.07, 6.45) is 7.54. The van der Waals surface area contributed by atoms with Crippen LogP contribution in [0.2, 0.25) is 0 Å². The molecule has 192 valence electrons. The minimum absolute atomic E-state index is 0.140. The van der Waals surface area contributed by atoms with Crippen molar-refractivity contribution in [3.63, 3.8) is 0 Å². The van der Waals surface area contributed by atoms with Gasteiger partial charge in [0.25, 0.3) is 11.5 Å². The van der Waals surface area contributed by atoms with E-state index in [1.165, 1.54) is 0 Å². The number of carbonyl (C=O) groups is 1. The number of aromatic nitrogens is 3. The van der Waals surface area contributed by atoms with E-state index in [0.717, 1.165) is 77.9 Å². The molecule has 4 aromatic rings. The van der Waals surface area contributed by atoms with Crippen LogP contribution in [-0.2, 0) is 17.7 Å². The van der Waals surface area contributed by atoms with Crippen LogP contribution in [0.4, 0.5) is 0 Å². The Labute approximate surface area is 216 Å². The number of H-pyrrole nitrogens is 1. The van der Waals surface area contributed by atoms with E-state index in [0.29, 0.717) is 17.2 Å². The molecule has 1 aromatic carbocycles. The van der Waals surface area contributed by atoms with Crippen molar-refractivity contribution in [3.8, 4) is 11.1 Å². The molecule has 3 aromatic heterocycles. The summed E-state index contributed by atoms with van der Waals surface area (Å²) < 4.78 is 7.86. The fraction of sp³-hybridized carbons (Fsp3) is 0.367. The average molecular weight is 499 g/mol. The highest BCUT2D eigenvalue weighted by atomic mass is 16.5. The minimum Gasteiger partial charge on any atom is -0.381 e. The zero-order valence-corrected chi connectivity index (χ0v) is 21.8. The van der Waals surface area contributed by atoms with E-state index >= 15 is 0 Å². The van der Waals surface area contributed by atoms with Gasteiger partial charge in [-0.2, -0.15) is 0 Å². The van der Waals surface area contributed by atoms with Gasteiger partial charge in [0.05, 0.1) is 0 Å². The van der Waals surface area contributed by atoms with E-state index in [9.17, 15) is 9.59 Å². The third-order valence-electron chi connectivity index (χ3n) is 7.22. The first-order valence-corrected chi connectivity index (χ1v) is 13.1. The lowest BCUT2D eigenvalue weighted by molar-refractivity contribution is 0.0707. The van der Waals surface area contributed by atoms with Crippen LogP contribution in [-0.4, -0.2) is 33.7 Å². The van der Waals surface area contributed by atoms with Crippen molar-refractivity contribution in [1.82, 2.24) is 19.9 Å². The highest BCUT2D eigenvalue weighted by Crippen LogP contribution is 2.33. The van der Waals surface area contributed by atoms with Crippen molar-refractivity contribution in [2.75, 3.05) is 13.2 Å². The number of pyridine rings is 2. The summed E-state index contributed by atoms with van der Waals surface area (Å²) in [6, 6.07) is 12.5. The van der Waals surface area contributed by atoms with Crippen molar-refractivity contribution >= 4 is 16.8 Å². The Morgan fingerprint density at radius 2 is 1.95 bits per heavy atom. The number of hydrogen-bond acceptors (Lipinski definition) is 4. The average Bonchev–Trinajstić information content (AvgIpc) is 3.32. The van der Waals surface area contributed by atoms with Gasteiger partial charge in [0.2, 0.25) is 0 Å². The van der Waals surface area contributed by atoms with Gasteiger partial charge in [-0.15, -0.1) is 0 Å². The van der Waals surface area contributed by atoms with Crippen molar-refractivity contribution in [1.29, 1.82) is 0 Å². The maximum atomic E-state index is 13.6. The van der Waals surface area contributed by atoms with E-state index in [-0.39, 0.29) is 18.0 Å². The number of hydrogen-bond donors (Lipinski definition) is 2. The summed E-state index contributed by atoms with van der Waals surface area (Å²) in [5.74, 6) is -0.195. The smallest absolute Gasteiger partial charge is 0.253 e. The fourth-order valence-electron chi connectivity index (χ4n) is 5.27. The lowest BCUT2D eigenvalue weighted by Gasteiger charge is -2.25. The molecule has 0 bridgehead atoms. The number of nitrogens with zero attached hydrogens (tertiary/aromatic N) is 2. The maximum absolute atomic E-state index is 13.6. The van der Waals surface area contributed by atoms with Crippen molar-refractivity contribution < 1.29 is 9.53 Å². The molecule has 1 aliphatic heterocycles. The number of aryl methyl sites for hydroxylation is 3. The molecule has 37 heavy (non-hydrogen) atoms. The second-order valence-electron chi connectivity index (χ2n) is 9.93. The van der Waals surface area contributed by atoms with Gasteiger partial charge in [0.1, 0.15) is 0 Å². The molecule has 5 rings (SSSR count). The largest absolute Gasteiger partial charge is 0.381 e. The fourth-order valence-corrected chi connectivity index (χ4v) is 5.27. The number of amides is 1. The molecule has 1 aliphatic rings. The quantitative estimate of drug-likeness (QED) is 0.365. The van der Waals surface area contributed by atoms with Gasteiger partial charge < -0.3 is 19.6 Å². The minimum atomic E-state index is -0.195. The first-order valence-electron chi connectivity index (χ1n) is 13.1. The third kappa shape index (κ3) is 5.23. The van der Waals surface area contributed by atoms with Gasteiger partial charge in [0.15, 0.2) is 0 Å². The van der Waals surface area contributed by atoms with Crippen molar-refractivity contribution in [2.24, 2.45) is 0 Å². The highest BCUT2D eigenvalue weighted by Gasteiger charge is 2.21. The Balaban J connectivity index is 1.54. The molecule has 0 unspecified atom stereocenters. The molecule has 7 heteroatoms. The topological polar surface area (TPSA) is 89.0 Å². The normalized spacial score (nSPS) is 14.2. The van der Waals surface area contributed by atoms with Crippen LogP contribution in [0.1, 0.15) is 65.1 Å². The van der Waals surface area contributed by atoms with Crippen LogP contribution in [0.5, 0.6) is 0 Å². The highest BCUT2D eigenvalue weighted by molar-refractivity contribution is 6.08. The zero-order chi connectivity index (χ0) is 25.9. The van der Waals surface area contributed by atoms with Crippen LogP contribution in [0.25, 0.3) is 22.0 Å². The molecule has 0 atom stereocenters. The molecule has 0 spiro atoms. The molecule has 0 saturated carbocycles. The molecule has 1 fully saturated rings. The SMILES string of the molecule is CCCc1cc(C)[nH]c(=O)c1CNC(=O)c1cc(-c2ccc(C)nc2)cc2c1ccn2C1CCOCC1. The van der Waals surface area contributed by atoms with Gasteiger partial charge >= 0.3 is 0 Å². The van der Waals surface area contributed by atoms with Gasteiger partial charge in [-0.3, -0.25) is 14.6 Å². The van der Waals surface area contributed by atoms with E-state index in [1.807, 2.05) is 50.4 Å². The summed E-state index contributed by atoms with van der Waals surface area (Å²) >= 11 is 0. The predicted octanol–water partition coefficient (Wildman–Crippen LogP) is 5.24. The summed E-state index contributed by atoms with van der Waals surface area (Å²) in [5, 5.41) is 3.94. The molecule has 2 N–H and O–H groups in total. The van der Waals surface area contributed by atoms with Crippen LogP contribution < -0.4 is 10.9 Å². The summed E-state index contributed by atoms with van der Waals surface area (Å²) in [5.41, 5.74) is 6.76. The number of ether oxygens (including phenoxy) is 1.